The van der Waals surface area contributed by atoms with Gasteiger partial charge < -0.3 is 14.7 Å². The summed E-state index contributed by atoms with van der Waals surface area (Å²) in [6, 6.07) is 4.36. The Morgan fingerprint density at radius 3 is 2.65 bits per heavy atom. The first-order valence-electron chi connectivity index (χ1n) is 6.84. The lowest BCUT2D eigenvalue weighted by molar-refractivity contribution is 0.0515. The standard InChI is InChI=1S/C15H20FNO3/c1-10(18)11-6-8-17(9-7-11)15(19)14-12(16)4-3-5-13(14)20-2/h3-5,10-11,18H,6-9H2,1-2H3. The van der Waals surface area contributed by atoms with Crippen molar-refractivity contribution in [3.05, 3.63) is 29.6 Å². The number of aliphatic hydroxyl groups is 1. The van der Waals surface area contributed by atoms with Gasteiger partial charge in [0.1, 0.15) is 17.1 Å². The summed E-state index contributed by atoms with van der Waals surface area (Å²) in [6.45, 7) is 2.83. The van der Waals surface area contributed by atoms with Gasteiger partial charge in [0, 0.05) is 13.1 Å². The van der Waals surface area contributed by atoms with Crippen LogP contribution in [0.1, 0.15) is 30.1 Å². The number of carbonyl (C=O) groups excluding carboxylic acids is 1. The smallest absolute Gasteiger partial charge is 0.260 e. The number of amides is 1. The van der Waals surface area contributed by atoms with E-state index >= 15 is 0 Å². The summed E-state index contributed by atoms with van der Waals surface area (Å²) in [5, 5.41) is 9.56. The molecule has 1 aromatic carbocycles. The highest BCUT2D eigenvalue weighted by Crippen LogP contribution is 2.26. The molecule has 1 atom stereocenters. The fourth-order valence-electron chi connectivity index (χ4n) is 2.63. The number of carbonyl (C=O) groups is 1. The molecule has 0 radical (unpaired) electrons. The van der Waals surface area contributed by atoms with Crippen LogP contribution in [0.2, 0.25) is 0 Å². The molecule has 0 spiro atoms. The normalized spacial score (nSPS) is 17.9. The highest BCUT2D eigenvalue weighted by Gasteiger charge is 2.28. The Kier molecular flexibility index (Phi) is 4.60. The second-order valence-corrected chi connectivity index (χ2v) is 5.19. The number of hydrogen-bond donors (Lipinski definition) is 1. The van der Waals surface area contributed by atoms with Crippen molar-refractivity contribution in [3.8, 4) is 5.75 Å². The van der Waals surface area contributed by atoms with E-state index in [0.29, 0.717) is 13.1 Å². The maximum absolute atomic E-state index is 13.9. The molecule has 0 bridgehead atoms. The molecule has 5 heteroatoms. The van der Waals surface area contributed by atoms with Gasteiger partial charge in [-0.3, -0.25) is 4.79 Å². The number of benzene rings is 1. The Morgan fingerprint density at radius 1 is 1.45 bits per heavy atom. The molecule has 2 rings (SSSR count). The summed E-state index contributed by atoms with van der Waals surface area (Å²) in [6.07, 6.45) is 1.11. The van der Waals surface area contributed by atoms with Crippen LogP contribution in [-0.2, 0) is 0 Å². The number of piperidine rings is 1. The molecule has 1 aliphatic heterocycles. The molecule has 1 fully saturated rings. The zero-order valence-corrected chi connectivity index (χ0v) is 11.8. The quantitative estimate of drug-likeness (QED) is 0.922. The summed E-state index contributed by atoms with van der Waals surface area (Å²) < 4.78 is 18.9. The zero-order chi connectivity index (χ0) is 14.7. The van der Waals surface area contributed by atoms with E-state index in [0.717, 1.165) is 12.8 Å². The Hall–Kier alpha value is -1.62. The summed E-state index contributed by atoms with van der Waals surface area (Å²) in [7, 11) is 1.42. The highest BCUT2D eigenvalue weighted by atomic mass is 19.1. The predicted molar refractivity (Wildman–Crippen MR) is 73.3 cm³/mol. The van der Waals surface area contributed by atoms with Crippen LogP contribution in [0.3, 0.4) is 0 Å². The van der Waals surface area contributed by atoms with Gasteiger partial charge in [-0.15, -0.1) is 0 Å². The minimum absolute atomic E-state index is 0.00880. The third-order valence-corrected chi connectivity index (χ3v) is 3.92. The number of likely N-dealkylation sites (tertiary alicyclic amines) is 1. The van der Waals surface area contributed by atoms with Crippen molar-refractivity contribution in [2.75, 3.05) is 20.2 Å². The third-order valence-electron chi connectivity index (χ3n) is 3.92. The van der Waals surface area contributed by atoms with Gasteiger partial charge in [-0.1, -0.05) is 6.07 Å². The molecule has 1 N–H and O–H groups in total. The summed E-state index contributed by atoms with van der Waals surface area (Å²) in [5.74, 6) is -0.440. The van der Waals surface area contributed by atoms with Gasteiger partial charge in [0.25, 0.3) is 5.91 Å². The molecule has 1 aliphatic rings. The SMILES string of the molecule is COc1cccc(F)c1C(=O)N1CCC(C(C)O)CC1. The number of ether oxygens (including phenoxy) is 1. The molecule has 0 aromatic heterocycles. The van der Waals surface area contributed by atoms with Crippen LogP contribution in [0.15, 0.2) is 18.2 Å². The van der Waals surface area contributed by atoms with Gasteiger partial charge in [-0.05, 0) is 37.8 Å². The summed E-state index contributed by atoms with van der Waals surface area (Å²) in [5.41, 5.74) is -0.00880. The van der Waals surface area contributed by atoms with Crippen molar-refractivity contribution < 1.29 is 19.0 Å². The third kappa shape index (κ3) is 2.93. The van der Waals surface area contributed by atoms with Gasteiger partial charge in [0.2, 0.25) is 0 Å². The Labute approximate surface area is 118 Å². The molecular weight excluding hydrogens is 261 g/mol. The fourth-order valence-corrected chi connectivity index (χ4v) is 2.63. The average molecular weight is 281 g/mol. The van der Waals surface area contributed by atoms with E-state index in [1.54, 1.807) is 17.9 Å². The Bertz CT molecular complexity index is 482. The van der Waals surface area contributed by atoms with Crippen LogP contribution < -0.4 is 4.74 Å². The monoisotopic (exact) mass is 281 g/mol. The molecule has 0 aliphatic carbocycles. The fraction of sp³-hybridized carbons (Fsp3) is 0.533. The van der Waals surface area contributed by atoms with Gasteiger partial charge >= 0.3 is 0 Å². The van der Waals surface area contributed by atoms with E-state index in [1.807, 2.05) is 0 Å². The molecule has 4 nitrogen and oxygen atoms in total. The lowest BCUT2D eigenvalue weighted by Crippen LogP contribution is -2.41. The first-order valence-corrected chi connectivity index (χ1v) is 6.84. The average Bonchev–Trinajstić information content (AvgIpc) is 2.46. The second kappa shape index (κ2) is 6.22. The maximum Gasteiger partial charge on any atom is 0.260 e. The second-order valence-electron chi connectivity index (χ2n) is 5.19. The number of methoxy groups -OCH3 is 1. The molecule has 1 heterocycles. The van der Waals surface area contributed by atoms with Gasteiger partial charge in [-0.25, -0.2) is 4.39 Å². The van der Waals surface area contributed by atoms with E-state index in [4.69, 9.17) is 4.74 Å². The Morgan fingerprint density at radius 2 is 2.10 bits per heavy atom. The van der Waals surface area contributed by atoms with Crippen LogP contribution in [0, 0.1) is 11.7 Å². The lowest BCUT2D eigenvalue weighted by Gasteiger charge is -2.33. The van der Waals surface area contributed by atoms with Gasteiger partial charge in [0.05, 0.1) is 13.2 Å². The number of nitrogens with zero attached hydrogens (tertiary/aromatic N) is 1. The van der Waals surface area contributed by atoms with Crippen LogP contribution >= 0.6 is 0 Å². The van der Waals surface area contributed by atoms with E-state index in [1.165, 1.54) is 19.2 Å². The Balaban J connectivity index is 2.13. The van der Waals surface area contributed by atoms with Crippen molar-refractivity contribution >= 4 is 5.91 Å². The topological polar surface area (TPSA) is 49.8 Å². The lowest BCUT2D eigenvalue weighted by atomic mass is 9.92. The van der Waals surface area contributed by atoms with Crippen molar-refractivity contribution in [3.63, 3.8) is 0 Å². The first-order chi connectivity index (χ1) is 9.54. The number of rotatable bonds is 3. The van der Waals surface area contributed by atoms with Gasteiger partial charge in [0.15, 0.2) is 0 Å². The summed E-state index contributed by atoms with van der Waals surface area (Å²) in [4.78, 5) is 14.0. The van der Waals surface area contributed by atoms with E-state index in [-0.39, 0.29) is 29.2 Å². The molecule has 1 aromatic rings. The largest absolute Gasteiger partial charge is 0.496 e. The minimum Gasteiger partial charge on any atom is -0.496 e. The molecule has 1 saturated heterocycles. The van der Waals surface area contributed by atoms with E-state index < -0.39 is 5.82 Å². The number of aliphatic hydroxyl groups excluding tert-OH is 1. The van der Waals surface area contributed by atoms with Crippen LogP contribution in [-0.4, -0.2) is 42.2 Å². The van der Waals surface area contributed by atoms with Crippen LogP contribution in [0.4, 0.5) is 4.39 Å². The van der Waals surface area contributed by atoms with E-state index in [2.05, 4.69) is 0 Å². The zero-order valence-electron chi connectivity index (χ0n) is 11.8. The molecular formula is C15H20FNO3. The van der Waals surface area contributed by atoms with Crippen molar-refractivity contribution in [1.29, 1.82) is 0 Å². The molecule has 1 amide bonds. The molecule has 1 unspecified atom stereocenters. The summed E-state index contributed by atoms with van der Waals surface area (Å²) >= 11 is 0. The number of hydrogen-bond acceptors (Lipinski definition) is 3. The molecule has 20 heavy (non-hydrogen) atoms. The first kappa shape index (κ1) is 14.8. The van der Waals surface area contributed by atoms with Crippen molar-refractivity contribution in [2.45, 2.75) is 25.9 Å². The van der Waals surface area contributed by atoms with Crippen LogP contribution in [0.25, 0.3) is 0 Å². The van der Waals surface area contributed by atoms with E-state index in [9.17, 15) is 14.3 Å². The predicted octanol–water partition coefficient (Wildman–Crippen LogP) is 2.07. The van der Waals surface area contributed by atoms with Crippen LogP contribution in [0.5, 0.6) is 5.75 Å². The van der Waals surface area contributed by atoms with Crippen molar-refractivity contribution in [1.82, 2.24) is 4.90 Å². The highest BCUT2D eigenvalue weighted by molar-refractivity contribution is 5.97. The minimum atomic E-state index is -0.563. The molecule has 0 saturated carbocycles. The number of halogens is 1. The van der Waals surface area contributed by atoms with Crippen molar-refractivity contribution in [2.24, 2.45) is 5.92 Å². The van der Waals surface area contributed by atoms with Gasteiger partial charge in [-0.2, -0.15) is 0 Å². The molecule has 110 valence electrons. The maximum atomic E-state index is 13.9.